The molecular formula is C23H26N6O3S. The maximum absolute atomic E-state index is 12.9. The van der Waals surface area contributed by atoms with E-state index in [0.29, 0.717) is 49.2 Å². The molecule has 1 aliphatic rings. The average molecular weight is 467 g/mol. The van der Waals surface area contributed by atoms with Gasteiger partial charge in [-0.3, -0.25) is 4.98 Å². The molecule has 0 radical (unpaired) electrons. The lowest BCUT2D eigenvalue weighted by molar-refractivity contribution is 0.360. The minimum absolute atomic E-state index is 0. The molecule has 33 heavy (non-hydrogen) atoms. The molecule has 172 valence electrons. The number of aryl methyl sites for hydroxylation is 1. The standard InChI is InChI=1S/C23H22N6O3S.2H2/c1-16-21(23-28-27-22(32-23)18-5-3-2-4-6-18)26-20(15-25-16)17-7-9-19(10-8-17)33(30,31)29-13-11-24-12-14-29;;/h2-10,15,24H,11-14H2,1H3;2*1H. The molecule has 0 unspecified atom stereocenters. The van der Waals surface area contributed by atoms with Gasteiger partial charge in [-0.2, -0.15) is 4.31 Å². The summed E-state index contributed by atoms with van der Waals surface area (Å²) in [7, 11) is -3.52. The van der Waals surface area contributed by atoms with E-state index in [9.17, 15) is 8.42 Å². The topological polar surface area (TPSA) is 114 Å². The van der Waals surface area contributed by atoms with Crippen molar-refractivity contribution in [3.8, 4) is 34.3 Å². The van der Waals surface area contributed by atoms with E-state index in [1.165, 1.54) is 4.31 Å². The van der Waals surface area contributed by atoms with Crippen LogP contribution in [0.25, 0.3) is 34.3 Å². The molecular weight excluding hydrogens is 440 g/mol. The van der Waals surface area contributed by atoms with Gasteiger partial charge in [0.2, 0.25) is 15.9 Å². The Kier molecular flexibility index (Phi) is 5.71. The van der Waals surface area contributed by atoms with Crippen LogP contribution in [-0.4, -0.2) is 59.1 Å². The molecule has 0 atom stereocenters. The molecule has 10 heteroatoms. The molecule has 1 fully saturated rings. The van der Waals surface area contributed by atoms with E-state index >= 15 is 0 Å². The Morgan fingerprint density at radius 2 is 1.64 bits per heavy atom. The molecule has 3 heterocycles. The lowest BCUT2D eigenvalue weighted by Crippen LogP contribution is -2.46. The number of nitrogens with one attached hydrogen (secondary N) is 1. The Labute approximate surface area is 194 Å². The Hall–Kier alpha value is -3.47. The molecule has 1 N–H and O–H groups in total. The first-order valence-electron chi connectivity index (χ1n) is 10.6. The highest BCUT2D eigenvalue weighted by Gasteiger charge is 2.25. The fraction of sp³-hybridized carbons (Fsp3) is 0.217. The van der Waals surface area contributed by atoms with Crippen LogP contribution in [0.2, 0.25) is 0 Å². The molecule has 0 aliphatic carbocycles. The van der Waals surface area contributed by atoms with E-state index in [1.54, 1.807) is 30.5 Å². The van der Waals surface area contributed by atoms with Crippen molar-refractivity contribution in [1.82, 2.24) is 29.8 Å². The monoisotopic (exact) mass is 466 g/mol. The molecule has 0 spiro atoms. The molecule has 0 amide bonds. The van der Waals surface area contributed by atoms with Crippen LogP contribution in [-0.2, 0) is 10.0 Å². The summed E-state index contributed by atoms with van der Waals surface area (Å²) in [4.78, 5) is 9.37. The summed E-state index contributed by atoms with van der Waals surface area (Å²) in [6, 6.07) is 16.2. The zero-order valence-corrected chi connectivity index (χ0v) is 18.8. The van der Waals surface area contributed by atoms with Gasteiger partial charge in [0.15, 0.2) is 0 Å². The molecule has 0 bridgehead atoms. The summed E-state index contributed by atoms with van der Waals surface area (Å²) in [5.74, 6) is 0.679. The van der Waals surface area contributed by atoms with Crippen LogP contribution in [0.1, 0.15) is 8.55 Å². The molecule has 5 rings (SSSR count). The Balaban J connectivity index is 0.00000171. The van der Waals surface area contributed by atoms with Crippen LogP contribution in [0, 0.1) is 6.92 Å². The second kappa shape index (κ2) is 8.81. The van der Waals surface area contributed by atoms with Gasteiger partial charge in [0.25, 0.3) is 5.89 Å². The second-order valence-electron chi connectivity index (χ2n) is 7.65. The van der Waals surface area contributed by atoms with Crippen molar-refractivity contribution in [2.45, 2.75) is 11.8 Å². The van der Waals surface area contributed by atoms with Gasteiger partial charge in [-0.25, -0.2) is 13.4 Å². The lowest BCUT2D eigenvalue weighted by atomic mass is 10.1. The van der Waals surface area contributed by atoms with E-state index < -0.39 is 10.0 Å². The van der Waals surface area contributed by atoms with Crippen LogP contribution in [0.15, 0.2) is 70.1 Å². The maximum Gasteiger partial charge on any atom is 0.268 e. The van der Waals surface area contributed by atoms with Gasteiger partial charge in [0.1, 0.15) is 5.69 Å². The zero-order chi connectivity index (χ0) is 22.8. The SMILES string of the molecule is Cc1ncc(-c2ccc(S(=O)(=O)N3CCNCC3)cc2)nc1-c1nnc(-c2ccccc2)o1.[HH].[HH]. The number of sulfonamides is 1. The quantitative estimate of drug-likeness (QED) is 0.477. The van der Waals surface area contributed by atoms with Crippen LogP contribution in [0.5, 0.6) is 0 Å². The largest absolute Gasteiger partial charge is 0.415 e. The molecule has 4 aromatic rings. The normalized spacial score (nSPS) is 14.9. The van der Waals surface area contributed by atoms with Crippen molar-refractivity contribution >= 4 is 10.0 Å². The van der Waals surface area contributed by atoms with Crippen molar-refractivity contribution in [2.24, 2.45) is 0 Å². The number of hydrogen-bond donors (Lipinski definition) is 1. The number of rotatable bonds is 5. The summed E-state index contributed by atoms with van der Waals surface area (Å²) in [5, 5.41) is 11.4. The van der Waals surface area contributed by atoms with Crippen molar-refractivity contribution in [1.29, 1.82) is 0 Å². The van der Waals surface area contributed by atoms with Gasteiger partial charge < -0.3 is 9.73 Å². The average Bonchev–Trinajstić information content (AvgIpc) is 3.36. The van der Waals surface area contributed by atoms with Crippen LogP contribution < -0.4 is 5.32 Å². The fourth-order valence-electron chi connectivity index (χ4n) is 3.64. The number of piperazine rings is 1. The predicted molar refractivity (Wildman–Crippen MR) is 127 cm³/mol. The Bertz CT molecular complexity index is 1380. The third-order valence-corrected chi connectivity index (χ3v) is 7.38. The first-order chi connectivity index (χ1) is 16.0. The van der Waals surface area contributed by atoms with Crippen molar-refractivity contribution in [3.63, 3.8) is 0 Å². The number of nitrogens with zero attached hydrogens (tertiary/aromatic N) is 5. The molecule has 1 saturated heterocycles. The summed E-state index contributed by atoms with van der Waals surface area (Å²) in [6.07, 6.45) is 1.65. The first kappa shape index (κ1) is 21.4. The maximum atomic E-state index is 12.9. The highest BCUT2D eigenvalue weighted by molar-refractivity contribution is 7.89. The number of benzene rings is 2. The van der Waals surface area contributed by atoms with E-state index in [2.05, 4.69) is 25.5 Å². The van der Waals surface area contributed by atoms with E-state index in [0.717, 1.165) is 11.1 Å². The van der Waals surface area contributed by atoms with Crippen LogP contribution in [0.4, 0.5) is 0 Å². The Morgan fingerprint density at radius 1 is 0.939 bits per heavy atom. The van der Waals surface area contributed by atoms with Gasteiger partial charge in [0, 0.05) is 40.2 Å². The van der Waals surface area contributed by atoms with Gasteiger partial charge in [-0.15, -0.1) is 10.2 Å². The zero-order valence-electron chi connectivity index (χ0n) is 18.0. The van der Waals surface area contributed by atoms with Crippen molar-refractivity contribution < 1.29 is 15.7 Å². The third-order valence-electron chi connectivity index (χ3n) is 5.47. The van der Waals surface area contributed by atoms with Crippen LogP contribution in [0.3, 0.4) is 0 Å². The minimum atomic E-state index is -3.52. The molecule has 9 nitrogen and oxygen atoms in total. The summed E-state index contributed by atoms with van der Waals surface area (Å²) in [5.41, 5.74) is 3.28. The highest BCUT2D eigenvalue weighted by Crippen LogP contribution is 2.27. The molecule has 2 aromatic heterocycles. The summed E-state index contributed by atoms with van der Waals surface area (Å²) in [6.45, 7) is 4.06. The van der Waals surface area contributed by atoms with E-state index in [-0.39, 0.29) is 13.6 Å². The first-order valence-corrected chi connectivity index (χ1v) is 12.0. The second-order valence-corrected chi connectivity index (χ2v) is 9.58. The van der Waals surface area contributed by atoms with Gasteiger partial charge in [-0.05, 0) is 31.2 Å². The van der Waals surface area contributed by atoms with Gasteiger partial charge in [-0.1, -0.05) is 30.3 Å². The smallest absolute Gasteiger partial charge is 0.268 e. The van der Waals surface area contributed by atoms with E-state index in [4.69, 9.17) is 4.42 Å². The molecule has 1 aliphatic heterocycles. The van der Waals surface area contributed by atoms with Gasteiger partial charge >= 0.3 is 0 Å². The Morgan fingerprint density at radius 3 is 2.36 bits per heavy atom. The molecule has 2 aromatic carbocycles. The predicted octanol–water partition coefficient (Wildman–Crippen LogP) is 3.25. The number of hydrogen-bond acceptors (Lipinski definition) is 8. The highest BCUT2D eigenvalue weighted by atomic mass is 32.2. The minimum Gasteiger partial charge on any atom is -0.415 e. The van der Waals surface area contributed by atoms with Crippen molar-refractivity contribution in [3.05, 3.63) is 66.5 Å². The molecule has 0 saturated carbocycles. The summed E-state index contributed by atoms with van der Waals surface area (Å²) >= 11 is 0. The number of aromatic nitrogens is 4. The van der Waals surface area contributed by atoms with Crippen LogP contribution >= 0.6 is 0 Å². The van der Waals surface area contributed by atoms with E-state index in [1.807, 2.05) is 37.3 Å². The fourth-order valence-corrected chi connectivity index (χ4v) is 5.08. The van der Waals surface area contributed by atoms with Gasteiger partial charge in [0.05, 0.1) is 22.5 Å². The van der Waals surface area contributed by atoms with Crippen molar-refractivity contribution in [2.75, 3.05) is 26.2 Å². The summed E-state index contributed by atoms with van der Waals surface area (Å²) < 4.78 is 33.1. The lowest BCUT2D eigenvalue weighted by Gasteiger charge is -2.26. The third kappa shape index (κ3) is 4.28.